The van der Waals surface area contributed by atoms with Crippen LogP contribution in [0.15, 0.2) is 42.5 Å². The molecule has 354 valence electrons. The first-order chi connectivity index (χ1) is 30.8. The van der Waals surface area contributed by atoms with E-state index >= 15 is 8.78 Å². The molecule has 0 bridgehead atoms. The molecular formula is C43H42ClF8N7O5S2. The summed E-state index contributed by atoms with van der Waals surface area (Å²) in [6.45, 7) is 4.49. The zero-order valence-corrected chi connectivity index (χ0v) is 38.1. The Morgan fingerprint density at radius 2 is 1.61 bits per heavy atom. The van der Waals surface area contributed by atoms with Crippen molar-refractivity contribution in [1.29, 1.82) is 0 Å². The van der Waals surface area contributed by atoms with Crippen LogP contribution in [0.25, 0.3) is 22.0 Å². The standard InChI is InChI=1S/C43H42ClF8N7O5S2/c1-6-65(61,62)57-41-35-30(44)12-11-29(38(35)58(56-41)19-32(47)48)28-10-7-26(13-14-42(4,5)66(63,64)27-8-9-27)53-36(28)31(17-23-15-24(45)18-25(46)16-23)54-33(60)20-59-39-34(37(55-59)40(49)50)21(2)22(3)43(39,51)52/h7,10-12,15-16,18,21-22,27,31-32,40H,6,8-9,17,19-20H2,1-5H3,(H,54,60)(H,56,57)/t21-,22+,31-/m0/s1. The summed E-state index contributed by atoms with van der Waals surface area (Å²) in [5.41, 5.74) is -2.81. The Kier molecular flexibility index (Phi) is 13.1. The Balaban J connectivity index is 1.45. The van der Waals surface area contributed by atoms with Gasteiger partial charge in [0.2, 0.25) is 15.9 Å². The van der Waals surface area contributed by atoms with E-state index in [9.17, 15) is 48.0 Å². The number of amides is 1. The van der Waals surface area contributed by atoms with Gasteiger partial charge in [-0.1, -0.05) is 37.4 Å². The average molecular weight is 988 g/mol. The van der Waals surface area contributed by atoms with Gasteiger partial charge in [0.25, 0.3) is 18.8 Å². The summed E-state index contributed by atoms with van der Waals surface area (Å²) < 4.78 is 172. The molecule has 0 spiro atoms. The SMILES string of the molecule is CCS(=O)(=O)Nc1nn(CC(F)F)c2c(-c3ccc(C#CC(C)(C)S(=O)(=O)C4CC4)nc3[C@H](Cc3cc(F)cc(F)c3)NC(=O)Cn3nc(C(F)F)c4c3C(F)(F)[C@H](C)[C@@H]4C)ccc(Cl)c12. The maximum atomic E-state index is 15.7. The van der Waals surface area contributed by atoms with Crippen LogP contribution in [0.1, 0.15) is 99.7 Å². The quantitative estimate of drug-likeness (QED) is 0.0779. The van der Waals surface area contributed by atoms with E-state index in [2.05, 4.69) is 37.1 Å². The topological polar surface area (TPSA) is 158 Å². The molecule has 1 fully saturated rings. The lowest BCUT2D eigenvalue weighted by Crippen LogP contribution is -2.35. The average Bonchev–Trinajstić information content (AvgIpc) is 3.90. The minimum atomic E-state index is -4.08. The molecule has 0 unspecified atom stereocenters. The molecule has 2 aliphatic carbocycles. The van der Waals surface area contributed by atoms with Crippen molar-refractivity contribution < 1.29 is 56.8 Å². The highest BCUT2D eigenvalue weighted by Crippen LogP contribution is 2.54. The fourth-order valence-corrected chi connectivity index (χ4v) is 10.7. The van der Waals surface area contributed by atoms with Gasteiger partial charge in [0.15, 0.2) is 15.7 Å². The third kappa shape index (κ3) is 9.34. The number of nitrogens with one attached hydrogen (secondary N) is 2. The van der Waals surface area contributed by atoms with Crippen LogP contribution in [-0.4, -0.2) is 69.5 Å². The lowest BCUT2D eigenvalue weighted by atomic mass is 9.93. The summed E-state index contributed by atoms with van der Waals surface area (Å²) in [5.74, 6) is -4.75. The predicted octanol–water partition coefficient (Wildman–Crippen LogP) is 8.84. The Morgan fingerprint density at radius 1 is 0.955 bits per heavy atom. The van der Waals surface area contributed by atoms with Gasteiger partial charge in [0, 0.05) is 28.7 Å². The molecule has 12 nitrogen and oxygen atoms in total. The van der Waals surface area contributed by atoms with Gasteiger partial charge in [-0.2, -0.15) is 19.0 Å². The molecule has 7 rings (SSSR count). The first-order valence-corrected chi connectivity index (χ1v) is 24.1. The van der Waals surface area contributed by atoms with Crippen LogP contribution >= 0.6 is 11.6 Å². The van der Waals surface area contributed by atoms with Crippen LogP contribution < -0.4 is 10.0 Å². The third-order valence-electron chi connectivity index (χ3n) is 11.8. The van der Waals surface area contributed by atoms with Crippen molar-refractivity contribution in [3.8, 4) is 23.0 Å². The molecule has 3 atom stereocenters. The Hall–Kier alpha value is -5.27. The van der Waals surface area contributed by atoms with E-state index < -0.39 is 132 Å². The van der Waals surface area contributed by atoms with Crippen LogP contribution in [0.3, 0.4) is 0 Å². The molecular weight excluding hydrogens is 946 g/mol. The number of anilines is 1. The van der Waals surface area contributed by atoms with Crippen LogP contribution in [0.2, 0.25) is 5.02 Å². The maximum absolute atomic E-state index is 15.7. The second kappa shape index (κ2) is 17.8. The zero-order valence-electron chi connectivity index (χ0n) is 35.7. The number of sulfonamides is 1. The van der Waals surface area contributed by atoms with Gasteiger partial charge in [-0.25, -0.2) is 48.2 Å². The number of pyridine rings is 1. The molecule has 2 N–H and O–H groups in total. The molecule has 3 aromatic heterocycles. The number of carbonyl (C=O) groups is 1. The number of aromatic nitrogens is 5. The number of nitrogens with zero attached hydrogens (tertiary/aromatic N) is 5. The molecule has 23 heteroatoms. The van der Waals surface area contributed by atoms with Crippen molar-refractivity contribution in [3.63, 3.8) is 0 Å². The molecule has 0 aliphatic heterocycles. The van der Waals surface area contributed by atoms with Crippen molar-refractivity contribution in [3.05, 3.63) is 93.0 Å². The number of carbonyl (C=O) groups excluding carboxylic acids is 1. The number of hydrogen-bond donors (Lipinski definition) is 2. The van der Waals surface area contributed by atoms with Crippen molar-refractivity contribution in [2.45, 2.75) is 108 Å². The molecule has 0 saturated heterocycles. The van der Waals surface area contributed by atoms with Crippen LogP contribution in [0.4, 0.5) is 40.9 Å². The first-order valence-electron chi connectivity index (χ1n) is 20.5. The molecule has 3 heterocycles. The number of benzene rings is 2. The number of fused-ring (bicyclic) bond motifs is 2. The summed E-state index contributed by atoms with van der Waals surface area (Å²) in [5, 5.41) is 9.61. The highest BCUT2D eigenvalue weighted by atomic mass is 35.5. The van der Waals surface area contributed by atoms with Crippen LogP contribution in [0, 0.1) is 29.4 Å². The Bertz CT molecular complexity index is 3020. The van der Waals surface area contributed by atoms with Gasteiger partial charge < -0.3 is 5.32 Å². The molecule has 2 aromatic carbocycles. The van der Waals surface area contributed by atoms with Gasteiger partial charge >= 0.3 is 0 Å². The predicted molar refractivity (Wildman–Crippen MR) is 230 cm³/mol. The normalized spacial score (nSPS) is 17.8. The smallest absolute Gasteiger partial charge is 0.292 e. The largest absolute Gasteiger partial charge is 0.346 e. The summed E-state index contributed by atoms with van der Waals surface area (Å²) in [6.07, 6.45) is -5.95. The summed E-state index contributed by atoms with van der Waals surface area (Å²) in [6, 6.07) is 6.26. The number of hydrogen-bond acceptors (Lipinski definition) is 8. The maximum Gasteiger partial charge on any atom is 0.292 e. The monoisotopic (exact) mass is 987 g/mol. The summed E-state index contributed by atoms with van der Waals surface area (Å²) in [4.78, 5) is 18.9. The van der Waals surface area contributed by atoms with Gasteiger partial charge in [-0.05, 0) is 87.8 Å². The second-order valence-electron chi connectivity index (χ2n) is 16.8. The molecule has 1 saturated carbocycles. The summed E-state index contributed by atoms with van der Waals surface area (Å²) in [7, 11) is -7.84. The molecule has 5 aromatic rings. The van der Waals surface area contributed by atoms with Crippen LogP contribution in [-0.2, 0) is 50.1 Å². The highest BCUT2D eigenvalue weighted by molar-refractivity contribution is 7.94. The van der Waals surface area contributed by atoms with E-state index in [1.54, 1.807) is 0 Å². The Labute approximate surface area is 379 Å². The van der Waals surface area contributed by atoms with Crippen LogP contribution in [0.5, 0.6) is 0 Å². The van der Waals surface area contributed by atoms with E-state index in [4.69, 9.17) is 11.6 Å². The lowest BCUT2D eigenvalue weighted by molar-refractivity contribution is -0.123. The highest BCUT2D eigenvalue weighted by Gasteiger charge is 2.55. The molecule has 1 amide bonds. The van der Waals surface area contributed by atoms with Crippen molar-refractivity contribution in [2.75, 3.05) is 10.5 Å². The zero-order chi connectivity index (χ0) is 48.4. The Morgan fingerprint density at radius 3 is 2.21 bits per heavy atom. The van der Waals surface area contributed by atoms with E-state index in [1.165, 1.54) is 58.9 Å². The molecule has 0 radical (unpaired) electrons. The van der Waals surface area contributed by atoms with E-state index in [1.807, 2.05) is 0 Å². The minimum absolute atomic E-state index is 0.00177. The number of sulfone groups is 1. The van der Waals surface area contributed by atoms with Gasteiger partial charge in [-0.15, -0.1) is 0 Å². The van der Waals surface area contributed by atoms with Crippen molar-refractivity contribution in [1.82, 2.24) is 29.9 Å². The number of rotatable bonds is 15. The first kappa shape index (κ1) is 48.7. The van der Waals surface area contributed by atoms with Gasteiger partial charge in [0.1, 0.15) is 46.6 Å². The lowest BCUT2D eigenvalue weighted by Gasteiger charge is -2.24. The second-order valence-corrected chi connectivity index (χ2v) is 22.0. The van der Waals surface area contributed by atoms with E-state index in [0.29, 0.717) is 23.6 Å². The number of alkyl halides is 6. The van der Waals surface area contributed by atoms with E-state index in [0.717, 1.165) is 16.8 Å². The van der Waals surface area contributed by atoms with Crippen molar-refractivity contribution >= 4 is 54.1 Å². The van der Waals surface area contributed by atoms with Crippen molar-refractivity contribution in [2.24, 2.45) is 5.92 Å². The van der Waals surface area contributed by atoms with Gasteiger partial charge in [-0.3, -0.25) is 18.9 Å². The minimum Gasteiger partial charge on any atom is -0.346 e. The van der Waals surface area contributed by atoms with Gasteiger partial charge in [0.05, 0.1) is 38.7 Å². The fraction of sp³-hybridized carbons (Fsp3) is 0.442. The third-order valence-corrected chi connectivity index (χ3v) is 16.3. The molecule has 66 heavy (non-hydrogen) atoms. The van der Waals surface area contributed by atoms with E-state index in [-0.39, 0.29) is 44.0 Å². The molecule has 2 aliphatic rings. The summed E-state index contributed by atoms with van der Waals surface area (Å²) >= 11 is 6.61. The fourth-order valence-electron chi connectivity index (χ4n) is 8.08. The number of halogens is 9.